The van der Waals surface area contributed by atoms with Gasteiger partial charge < -0.3 is 29.6 Å². The Morgan fingerprint density at radius 1 is 1.02 bits per heavy atom. The van der Waals surface area contributed by atoms with Crippen LogP contribution in [0, 0.1) is 0 Å². The van der Waals surface area contributed by atoms with E-state index in [9.17, 15) is 5.11 Å². The molecule has 1 atom stereocenters. The van der Waals surface area contributed by atoms with Gasteiger partial charge in [0.1, 0.15) is 17.2 Å². The van der Waals surface area contributed by atoms with E-state index in [1.54, 1.807) is 30.7 Å². The van der Waals surface area contributed by atoms with E-state index in [0.717, 1.165) is 22.3 Å². The number of anilines is 3. The lowest BCUT2D eigenvalue weighted by molar-refractivity contribution is 0.0834. The standard InChI is InChI=1S/C29H29BN8O4/c1-4-40-30-21-10-11-23(34-24(21)29(2,3)42-30)35-28-32-16-20(27-36-25(38-41-27)19-12-14-31-15-13-19)26(37-28)33-22(17-39)18-8-6-5-7-9-18/h5-16,22,39H,4,17H2,1-3H3,(H2,32,33,34,35,37)/t22-/m1/s1. The second-order valence-corrected chi connectivity index (χ2v) is 10.1. The minimum Gasteiger partial charge on any atom is -0.408 e. The third-order valence-corrected chi connectivity index (χ3v) is 6.79. The van der Waals surface area contributed by atoms with Crippen molar-refractivity contribution in [2.75, 3.05) is 23.8 Å². The Hall–Kier alpha value is -4.72. The van der Waals surface area contributed by atoms with Gasteiger partial charge in [-0.25, -0.2) is 9.97 Å². The predicted octanol–water partition coefficient (Wildman–Crippen LogP) is 3.87. The average molecular weight is 564 g/mol. The lowest BCUT2D eigenvalue weighted by Crippen LogP contribution is -2.32. The predicted molar refractivity (Wildman–Crippen MR) is 157 cm³/mol. The molecule has 5 aromatic rings. The van der Waals surface area contributed by atoms with Crippen molar-refractivity contribution < 1.29 is 18.9 Å². The van der Waals surface area contributed by atoms with Crippen molar-refractivity contribution in [3.8, 4) is 22.8 Å². The summed E-state index contributed by atoms with van der Waals surface area (Å²) in [6.07, 6.45) is 4.90. The van der Waals surface area contributed by atoms with Crippen molar-refractivity contribution in [1.29, 1.82) is 0 Å². The Labute approximate surface area is 242 Å². The maximum Gasteiger partial charge on any atom is 0.496 e. The van der Waals surface area contributed by atoms with Crippen LogP contribution in [0.1, 0.15) is 38.1 Å². The Morgan fingerprint density at radius 2 is 1.83 bits per heavy atom. The van der Waals surface area contributed by atoms with Crippen LogP contribution in [0.4, 0.5) is 17.6 Å². The molecule has 4 aromatic heterocycles. The van der Waals surface area contributed by atoms with Gasteiger partial charge in [0.15, 0.2) is 0 Å². The Morgan fingerprint density at radius 3 is 2.60 bits per heavy atom. The van der Waals surface area contributed by atoms with Crippen molar-refractivity contribution in [2.45, 2.75) is 32.4 Å². The van der Waals surface area contributed by atoms with Crippen LogP contribution in [0.5, 0.6) is 0 Å². The minimum absolute atomic E-state index is 0.176. The summed E-state index contributed by atoms with van der Waals surface area (Å²) in [5.74, 6) is 1.84. The van der Waals surface area contributed by atoms with E-state index < -0.39 is 18.8 Å². The molecule has 5 heterocycles. The van der Waals surface area contributed by atoms with Crippen LogP contribution in [0.3, 0.4) is 0 Å². The maximum atomic E-state index is 10.2. The van der Waals surface area contributed by atoms with E-state index in [1.165, 1.54) is 0 Å². The molecule has 0 fully saturated rings. The van der Waals surface area contributed by atoms with E-state index >= 15 is 0 Å². The minimum atomic E-state index is -0.626. The van der Waals surface area contributed by atoms with Crippen LogP contribution in [-0.4, -0.2) is 55.5 Å². The van der Waals surface area contributed by atoms with E-state index in [2.05, 4.69) is 30.7 Å². The highest BCUT2D eigenvalue weighted by Gasteiger charge is 2.44. The number of nitrogens with one attached hydrogen (secondary N) is 2. The first kappa shape index (κ1) is 27.5. The fraction of sp³-hybridized carbons (Fsp3) is 0.241. The number of rotatable bonds is 10. The summed E-state index contributed by atoms with van der Waals surface area (Å²) in [6, 6.07) is 16.5. The molecule has 0 saturated carbocycles. The maximum absolute atomic E-state index is 10.2. The number of fused-ring (bicyclic) bond motifs is 1. The molecule has 0 unspecified atom stereocenters. The number of nitrogens with zero attached hydrogens (tertiary/aromatic N) is 6. The summed E-state index contributed by atoms with van der Waals surface area (Å²) >= 11 is 0. The molecule has 13 heteroatoms. The summed E-state index contributed by atoms with van der Waals surface area (Å²) in [7, 11) is -0.465. The third kappa shape index (κ3) is 5.57. The van der Waals surface area contributed by atoms with Gasteiger partial charge >= 0.3 is 7.12 Å². The molecule has 12 nitrogen and oxygen atoms in total. The van der Waals surface area contributed by atoms with Crippen LogP contribution < -0.4 is 16.1 Å². The molecule has 6 rings (SSSR count). The highest BCUT2D eigenvalue weighted by atomic mass is 16.6. The molecule has 0 amide bonds. The monoisotopic (exact) mass is 564 g/mol. The second kappa shape index (κ2) is 11.6. The fourth-order valence-electron chi connectivity index (χ4n) is 4.73. The number of pyridine rings is 2. The first-order valence-electron chi connectivity index (χ1n) is 13.6. The molecule has 0 aliphatic carbocycles. The SMILES string of the molecule is CCOB1OC(C)(C)c2nc(Nc3ncc(-c4nc(-c5ccncc5)no4)c(N[C@H](CO)c4ccccc4)n3)ccc21. The van der Waals surface area contributed by atoms with Gasteiger partial charge in [0.2, 0.25) is 11.8 Å². The highest BCUT2D eigenvalue weighted by molar-refractivity contribution is 6.63. The zero-order valence-electron chi connectivity index (χ0n) is 23.4. The van der Waals surface area contributed by atoms with Crippen LogP contribution in [0.15, 0.2) is 77.7 Å². The smallest absolute Gasteiger partial charge is 0.408 e. The molecule has 42 heavy (non-hydrogen) atoms. The Bertz CT molecular complexity index is 1670. The quantitative estimate of drug-likeness (QED) is 0.211. The van der Waals surface area contributed by atoms with E-state index in [4.69, 9.17) is 23.8 Å². The first-order valence-corrected chi connectivity index (χ1v) is 13.6. The van der Waals surface area contributed by atoms with Gasteiger partial charge in [-0.3, -0.25) is 4.98 Å². The molecule has 3 N–H and O–H groups in total. The lowest BCUT2D eigenvalue weighted by Gasteiger charge is -2.20. The lowest BCUT2D eigenvalue weighted by atomic mass is 9.80. The molecular formula is C29H29BN8O4. The van der Waals surface area contributed by atoms with Crippen LogP contribution in [-0.2, 0) is 14.9 Å². The van der Waals surface area contributed by atoms with Crippen LogP contribution in [0.25, 0.3) is 22.8 Å². The van der Waals surface area contributed by atoms with Gasteiger partial charge in [0.05, 0.1) is 23.9 Å². The molecule has 1 aliphatic heterocycles. The van der Waals surface area contributed by atoms with Crippen molar-refractivity contribution in [2.24, 2.45) is 0 Å². The number of benzene rings is 1. The number of aromatic nitrogens is 6. The van der Waals surface area contributed by atoms with Crippen molar-refractivity contribution in [1.82, 2.24) is 30.1 Å². The molecular weight excluding hydrogens is 535 g/mol. The number of aliphatic hydroxyl groups is 1. The molecule has 0 bridgehead atoms. The fourth-order valence-corrected chi connectivity index (χ4v) is 4.73. The summed E-state index contributed by atoms with van der Waals surface area (Å²) in [5, 5.41) is 20.9. The van der Waals surface area contributed by atoms with Gasteiger partial charge in [-0.1, -0.05) is 41.6 Å². The van der Waals surface area contributed by atoms with E-state index in [0.29, 0.717) is 29.6 Å². The average Bonchev–Trinajstić information content (AvgIpc) is 3.60. The summed E-state index contributed by atoms with van der Waals surface area (Å²) in [5.41, 5.74) is 3.15. The Kier molecular flexibility index (Phi) is 7.61. The number of aliphatic hydroxyl groups excluding tert-OH is 1. The van der Waals surface area contributed by atoms with Crippen LogP contribution in [0.2, 0.25) is 0 Å². The van der Waals surface area contributed by atoms with Gasteiger partial charge in [0.25, 0.3) is 5.89 Å². The third-order valence-electron chi connectivity index (χ3n) is 6.79. The molecule has 1 aromatic carbocycles. The van der Waals surface area contributed by atoms with Gasteiger partial charge in [-0.05, 0) is 44.5 Å². The molecule has 212 valence electrons. The van der Waals surface area contributed by atoms with Crippen molar-refractivity contribution >= 4 is 30.2 Å². The topological polar surface area (TPSA) is 153 Å². The van der Waals surface area contributed by atoms with Crippen LogP contribution >= 0.6 is 0 Å². The summed E-state index contributed by atoms with van der Waals surface area (Å²) < 4.78 is 17.4. The van der Waals surface area contributed by atoms with Crippen molar-refractivity contribution in [3.05, 3.63) is 84.4 Å². The molecule has 1 aliphatic rings. The molecule has 0 saturated heterocycles. The first-order chi connectivity index (χ1) is 20.4. The van der Waals surface area contributed by atoms with Gasteiger partial charge in [-0.2, -0.15) is 9.97 Å². The molecule has 0 radical (unpaired) electrons. The Balaban J connectivity index is 1.34. The van der Waals surface area contributed by atoms with E-state index in [1.807, 2.05) is 63.2 Å². The number of hydrogen-bond donors (Lipinski definition) is 3. The zero-order chi connectivity index (χ0) is 29.1. The zero-order valence-corrected chi connectivity index (χ0v) is 23.4. The van der Waals surface area contributed by atoms with Crippen molar-refractivity contribution in [3.63, 3.8) is 0 Å². The van der Waals surface area contributed by atoms with E-state index in [-0.39, 0.29) is 18.4 Å². The van der Waals surface area contributed by atoms with Gasteiger partial charge in [0, 0.05) is 36.2 Å². The number of hydrogen-bond acceptors (Lipinski definition) is 12. The summed E-state index contributed by atoms with van der Waals surface area (Å²) in [4.78, 5) is 22.7. The molecule has 0 spiro atoms. The highest BCUT2D eigenvalue weighted by Crippen LogP contribution is 2.32. The largest absolute Gasteiger partial charge is 0.496 e. The second-order valence-electron chi connectivity index (χ2n) is 10.1. The van der Waals surface area contributed by atoms with Gasteiger partial charge in [-0.15, -0.1) is 0 Å². The summed E-state index contributed by atoms with van der Waals surface area (Å²) in [6.45, 7) is 6.19. The normalized spacial score (nSPS) is 14.4.